The summed E-state index contributed by atoms with van der Waals surface area (Å²) in [4.78, 5) is 12.6. The zero-order chi connectivity index (χ0) is 15.6. The van der Waals surface area contributed by atoms with Gasteiger partial charge in [0, 0.05) is 23.9 Å². The third kappa shape index (κ3) is 2.50. The molecule has 4 rings (SSSR count). The molecule has 23 heavy (non-hydrogen) atoms. The maximum Gasteiger partial charge on any atom is 0.258 e. The molecule has 0 spiro atoms. The summed E-state index contributed by atoms with van der Waals surface area (Å²) in [5.74, 6) is 1.38. The van der Waals surface area contributed by atoms with Crippen molar-refractivity contribution in [2.75, 3.05) is 19.0 Å². The normalized spacial score (nSPS) is 13.3. The Morgan fingerprint density at radius 3 is 3.13 bits per heavy atom. The summed E-state index contributed by atoms with van der Waals surface area (Å²) in [6.07, 6.45) is 3.50. The molecule has 2 aromatic heterocycles. The number of ether oxygens (including phenoxy) is 1. The number of methoxy groups -OCH3 is 1. The Hall–Kier alpha value is -2.96. The van der Waals surface area contributed by atoms with Crippen molar-refractivity contribution in [2.45, 2.75) is 12.8 Å². The van der Waals surface area contributed by atoms with E-state index in [4.69, 9.17) is 9.26 Å². The first-order valence-electron chi connectivity index (χ1n) is 7.41. The second kappa shape index (κ2) is 5.68. The van der Waals surface area contributed by atoms with Crippen molar-refractivity contribution in [1.82, 2.24) is 20.1 Å². The van der Waals surface area contributed by atoms with Crippen LogP contribution >= 0.6 is 0 Å². The first-order valence-corrected chi connectivity index (χ1v) is 7.41. The minimum Gasteiger partial charge on any atom is -0.481 e. The summed E-state index contributed by atoms with van der Waals surface area (Å²) >= 11 is 0. The van der Waals surface area contributed by atoms with Crippen LogP contribution in [-0.4, -0.2) is 33.8 Å². The molecule has 1 aliphatic heterocycles. The van der Waals surface area contributed by atoms with Crippen molar-refractivity contribution >= 4 is 5.69 Å². The van der Waals surface area contributed by atoms with Gasteiger partial charge in [0.2, 0.25) is 11.7 Å². The zero-order valence-electron chi connectivity index (χ0n) is 12.6. The van der Waals surface area contributed by atoms with E-state index < -0.39 is 0 Å². The van der Waals surface area contributed by atoms with Gasteiger partial charge in [-0.25, -0.2) is 9.97 Å². The maximum atomic E-state index is 5.45. The van der Waals surface area contributed by atoms with Gasteiger partial charge in [-0.15, -0.1) is 0 Å². The average Bonchev–Trinajstić information content (AvgIpc) is 3.11. The van der Waals surface area contributed by atoms with E-state index >= 15 is 0 Å². The van der Waals surface area contributed by atoms with Gasteiger partial charge in [0.05, 0.1) is 7.11 Å². The molecule has 3 heterocycles. The fraction of sp³-hybridized carbons (Fsp3) is 0.250. The van der Waals surface area contributed by atoms with Gasteiger partial charge in [-0.2, -0.15) is 4.98 Å². The van der Waals surface area contributed by atoms with E-state index in [2.05, 4.69) is 31.5 Å². The quantitative estimate of drug-likeness (QED) is 0.795. The summed E-state index contributed by atoms with van der Waals surface area (Å²) < 4.78 is 10.6. The van der Waals surface area contributed by atoms with Gasteiger partial charge in [-0.05, 0) is 30.5 Å². The first kappa shape index (κ1) is 13.7. The van der Waals surface area contributed by atoms with Crippen molar-refractivity contribution in [1.29, 1.82) is 0 Å². The lowest BCUT2D eigenvalue weighted by Gasteiger charge is -2.19. The molecule has 116 valence electrons. The topological polar surface area (TPSA) is 86.0 Å². The van der Waals surface area contributed by atoms with Gasteiger partial charge in [-0.1, -0.05) is 11.2 Å². The molecule has 0 amide bonds. The number of hydrogen-bond acceptors (Lipinski definition) is 7. The highest BCUT2D eigenvalue weighted by atomic mass is 16.5. The highest BCUT2D eigenvalue weighted by Crippen LogP contribution is 2.32. The van der Waals surface area contributed by atoms with E-state index in [1.165, 1.54) is 11.9 Å². The Kier molecular flexibility index (Phi) is 3.38. The Labute approximate surface area is 132 Å². The predicted molar refractivity (Wildman–Crippen MR) is 84.1 cm³/mol. The standard InChI is InChI=1S/C16H15N5O2/c1-22-14-8-13(18-9-19-14)15-20-16(23-21-15)11-4-2-6-12-10(11)5-3-7-17-12/h2,4,6,8-9,17H,3,5,7H2,1H3. The lowest BCUT2D eigenvalue weighted by Crippen LogP contribution is -2.12. The lowest BCUT2D eigenvalue weighted by molar-refractivity contribution is 0.397. The number of benzene rings is 1. The van der Waals surface area contributed by atoms with E-state index in [-0.39, 0.29) is 0 Å². The first-order chi connectivity index (χ1) is 11.3. The number of anilines is 1. The minimum absolute atomic E-state index is 0.419. The number of fused-ring (bicyclic) bond motifs is 1. The van der Waals surface area contributed by atoms with Crippen LogP contribution < -0.4 is 10.1 Å². The summed E-state index contributed by atoms with van der Waals surface area (Å²) in [7, 11) is 1.55. The Morgan fingerprint density at radius 1 is 1.26 bits per heavy atom. The molecule has 3 aromatic rings. The maximum absolute atomic E-state index is 5.45. The number of hydrogen-bond donors (Lipinski definition) is 1. The van der Waals surface area contributed by atoms with Crippen molar-refractivity contribution < 1.29 is 9.26 Å². The van der Waals surface area contributed by atoms with Crippen LogP contribution in [-0.2, 0) is 6.42 Å². The van der Waals surface area contributed by atoms with Gasteiger partial charge in [0.15, 0.2) is 0 Å². The molecule has 0 atom stereocenters. The molecule has 7 heteroatoms. The Balaban J connectivity index is 1.74. The van der Waals surface area contributed by atoms with Crippen LogP contribution in [0.5, 0.6) is 5.88 Å². The van der Waals surface area contributed by atoms with Crippen LogP contribution in [0.3, 0.4) is 0 Å². The van der Waals surface area contributed by atoms with Crippen molar-refractivity contribution in [3.63, 3.8) is 0 Å². The van der Waals surface area contributed by atoms with Gasteiger partial charge in [0.1, 0.15) is 12.0 Å². The van der Waals surface area contributed by atoms with E-state index in [1.807, 2.05) is 12.1 Å². The molecular formula is C16H15N5O2. The minimum atomic E-state index is 0.419. The molecule has 1 aromatic carbocycles. The molecular weight excluding hydrogens is 294 g/mol. The molecule has 0 fully saturated rings. The molecule has 0 saturated carbocycles. The Morgan fingerprint density at radius 2 is 2.22 bits per heavy atom. The summed E-state index contributed by atoms with van der Waals surface area (Å²) in [6, 6.07) is 7.75. The SMILES string of the molecule is COc1cc(-c2noc(-c3cccc4c3CCCN4)n2)ncn1. The number of rotatable bonds is 3. The second-order valence-corrected chi connectivity index (χ2v) is 5.23. The van der Waals surface area contributed by atoms with E-state index in [1.54, 1.807) is 13.2 Å². The van der Waals surface area contributed by atoms with Crippen LogP contribution in [0.1, 0.15) is 12.0 Å². The van der Waals surface area contributed by atoms with Gasteiger partial charge >= 0.3 is 0 Å². The zero-order valence-corrected chi connectivity index (χ0v) is 12.6. The number of nitrogens with zero attached hydrogens (tertiary/aromatic N) is 4. The van der Waals surface area contributed by atoms with E-state index in [0.29, 0.717) is 23.3 Å². The summed E-state index contributed by atoms with van der Waals surface area (Å²) in [5, 5.41) is 7.43. The van der Waals surface area contributed by atoms with Crippen LogP contribution in [0, 0.1) is 0 Å². The summed E-state index contributed by atoms with van der Waals surface area (Å²) in [6.45, 7) is 0.992. The fourth-order valence-electron chi connectivity index (χ4n) is 2.72. The highest BCUT2D eigenvalue weighted by Gasteiger charge is 2.19. The monoisotopic (exact) mass is 309 g/mol. The van der Waals surface area contributed by atoms with Crippen LogP contribution in [0.2, 0.25) is 0 Å². The molecule has 1 aliphatic rings. The third-order valence-corrected chi connectivity index (χ3v) is 3.83. The van der Waals surface area contributed by atoms with Crippen LogP contribution in [0.15, 0.2) is 35.1 Å². The molecule has 7 nitrogen and oxygen atoms in total. The van der Waals surface area contributed by atoms with Gasteiger partial charge < -0.3 is 14.6 Å². The molecule has 0 unspecified atom stereocenters. The van der Waals surface area contributed by atoms with Crippen LogP contribution in [0.25, 0.3) is 23.0 Å². The van der Waals surface area contributed by atoms with E-state index in [9.17, 15) is 0 Å². The summed E-state index contributed by atoms with van der Waals surface area (Å²) in [5.41, 5.74) is 3.88. The highest BCUT2D eigenvalue weighted by molar-refractivity contribution is 5.70. The molecule has 0 bridgehead atoms. The largest absolute Gasteiger partial charge is 0.481 e. The lowest BCUT2D eigenvalue weighted by atomic mass is 9.97. The van der Waals surface area contributed by atoms with Crippen molar-refractivity contribution in [3.05, 3.63) is 36.2 Å². The number of aromatic nitrogens is 4. The average molecular weight is 309 g/mol. The van der Waals surface area contributed by atoms with Crippen LogP contribution in [0.4, 0.5) is 5.69 Å². The predicted octanol–water partition coefficient (Wildman–Crippen LogP) is 2.56. The Bertz CT molecular complexity index is 846. The number of nitrogens with one attached hydrogen (secondary N) is 1. The van der Waals surface area contributed by atoms with E-state index in [0.717, 1.165) is 30.6 Å². The van der Waals surface area contributed by atoms with Gasteiger partial charge in [0.25, 0.3) is 5.89 Å². The molecule has 0 aliphatic carbocycles. The molecule has 0 radical (unpaired) electrons. The smallest absolute Gasteiger partial charge is 0.258 e. The molecule has 1 N–H and O–H groups in total. The second-order valence-electron chi connectivity index (χ2n) is 5.23. The van der Waals surface area contributed by atoms with Crippen molar-refractivity contribution in [3.8, 4) is 28.9 Å². The van der Waals surface area contributed by atoms with Crippen molar-refractivity contribution in [2.24, 2.45) is 0 Å². The fourth-order valence-corrected chi connectivity index (χ4v) is 2.72. The molecule has 0 saturated heterocycles. The third-order valence-electron chi connectivity index (χ3n) is 3.83. The van der Waals surface area contributed by atoms with Gasteiger partial charge in [-0.3, -0.25) is 0 Å².